The molecule has 3 aromatic heterocycles. The largest absolute Gasteiger partial charge is 0.395 e. The van der Waals surface area contributed by atoms with Crippen LogP contribution in [0.5, 0.6) is 0 Å². The maximum Gasteiger partial charge on any atom is 0.395 e. The fourth-order valence-corrected chi connectivity index (χ4v) is 5.38. The Morgan fingerprint density at radius 2 is 1.85 bits per heavy atom. The van der Waals surface area contributed by atoms with Crippen molar-refractivity contribution >= 4 is 11.2 Å². The van der Waals surface area contributed by atoms with E-state index in [2.05, 4.69) is 15.0 Å². The van der Waals surface area contributed by atoms with Crippen LogP contribution in [0.4, 0.5) is 13.2 Å². The lowest BCUT2D eigenvalue weighted by Crippen LogP contribution is -2.28. The summed E-state index contributed by atoms with van der Waals surface area (Å²) >= 11 is 0. The first kappa shape index (κ1) is 21.5. The third-order valence-electron chi connectivity index (χ3n) is 7.81. The van der Waals surface area contributed by atoms with Crippen molar-refractivity contribution in [3.63, 3.8) is 0 Å². The molecule has 8 nitrogen and oxygen atoms in total. The Morgan fingerprint density at radius 1 is 1.12 bits per heavy atom. The molecular formula is C23H23F3N6O2. The number of pyridine rings is 1. The summed E-state index contributed by atoms with van der Waals surface area (Å²) in [6.07, 6.45) is -1.86. The number of aryl methyl sites for hydroxylation is 2. The third kappa shape index (κ3) is 2.92. The van der Waals surface area contributed by atoms with Gasteiger partial charge in [-0.2, -0.15) is 13.2 Å². The van der Waals surface area contributed by atoms with Crippen LogP contribution in [-0.2, 0) is 10.2 Å². The van der Waals surface area contributed by atoms with E-state index in [1.54, 1.807) is 13.0 Å². The van der Waals surface area contributed by atoms with Gasteiger partial charge in [-0.15, -0.1) is 0 Å². The first-order valence-electron chi connectivity index (χ1n) is 11.2. The fourth-order valence-electron chi connectivity index (χ4n) is 5.38. The number of nitrogens with two attached hydrogens (primary N) is 1. The summed E-state index contributed by atoms with van der Waals surface area (Å²) < 4.78 is 48.2. The SMILES string of the molecule is Cc1nc2nc([C@H]3CCO[C@@H](c4ccc(=O)n(N)c4)C3)nc(C34CC3(C(F)(F)F)C4)c2nc1C. The van der Waals surface area contributed by atoms with Crippen LogP contribution in [0.2, 0.25) is 0 Å². The summed E-state index contributed by atoms with van der Waals surface area (Å²) in [5.74, 6) is 6.04. The van der Waals surface area contributed by atoms with Gasteiger partial charge < -0.3 is 10.6 Å². The Balaban J connectivity index is 1.41. The van der Waals surface area contributed by atoms with Gasteiger partial charge in [0.15, 0.2) is 5.65 Å². The number of alkyl halides is 3. The second kappa shape index (κ2) is 6.74. The first-order valence-corrected chi connectivity index (χ1v) is 11.2. The first-order chi connectivity index (χ1) is 16.0. The van der Waals surface area contributed by atoms with Crippen LogP contribution in [0.15, 0.2) is 23.1 Å². The van der Waals surface area contributed by atoms with Gasteiger partial charge in [-0.3, -0.25) is 4.79 Å². The lowest BCUT2D eigenvalue weighted by molar-refractivity contribution is -0.167. The second-order valence-corrected chi connectivity index (χ2v) is 9.80. The number of nitrogen functional groups attached to an aromatic ring is 1. The summed E-state index contributed by atoms with van der Waals surface area (Å²) in [5, 5.41) is 0. The summed E-state index contributed by atoms with van der Waals surface area (Å²) in [6, 6.07) is 3.05. The van der Waals surface area contributed by atoms with Crippen LogP contribution in [0, 0.1) is 19.3 Å². The molecule has 2 N–H and O–H groups in total. The topological polar surface area (TPSA) is 109 Å². The van der Waals surface area contributed by atoms with E-state index in [0.29, 0.717) is 53.5 Å². The Morgan fingerprint density at radius 3 is 2.53 bits per heavy atom. The smallest absolute Gasteiger partial charge is 0.373 e. The average Bonchev–Trinajstić information content (AvgIpc) is 3.64. The normalized spacial score (nSPS) is 30.3. The molecule has 0 aromatic carbocycles. The molecule has 3 aliphatic rings. The Labute approximate surface area is 192 Å². The molecular weight excluding hydrogens is 449 g/mol. The third-order valence-corrected chi connectivity index (χ3v) is 7.81. The van der Waals surface area contributed by atoms with Crippen molar-refractivity contribution in [2.45, 2.75) is 63.1 Å². The zero-order valence-corrected chi connectivity index (χ0v) is 18.7. The molecule has 178 valence electrons. The van der Waals surface area contributed by atoms with Crippen LogP contribution >= 0.6 is 0 Å². The number of hydrogen-bond acceptors (Lipinski definition) is 7. The number of fused-ring (bicyclic) bond motifs is 2. The molecule has 2 aliphatic carbocycles. The molecule has 4 heterocycles. The number of aromatic nitrogens is 5. The van der Waals surface area contributed by atoms with Crippen molar-refractivity contribution in [1.29, 1.82) is 0 Å². The number of hydrogen-bond donors (Lipinski definition) is 1. The molecule has 3 aromatic rings. The van der Waals surface area contributed by atoms with Gasteiger partial charge in [0.05, 0.1) is 28.6 Å². The van der Waals surface area contributed by atoms with Crippen molar-refractivity contribution in [3.05, 3.63) is 57.2 Å². The Bertz CT molecular complexity index is 1400. The van der Waals surface area contributed by atoms with E-state index in [4.69, 9.17) is 15.6 Å². The molecule has 11 heteroatoms. The quantitative estimate of drug-likeness (QED) is 0.584. The maximum atomic E-state index is 13.8. The van der Waals surface area contributed by atoms with Gasteiger partial charge in [0, 0.05) is 30.2 Å². The predicted molar refractivity (Wildman–Crippen MR) is 116 cm³/mol. The van der Waals surface area contributed by atoms with Gasteiger partial charge >= 0.3 is 6.18 Å². The number of nitrogens with zero attached hydrogens (tertiary/aromatic N) is 5. The predicted octanol–water partition coefficient (Wildman–Crippen LogP) is 3.14. The highest BCUT2D eigenvalue weighted by Gasteiger charge is 2.94. The molecule has 1 saturated heterocycles. The minimum absolute atomic E-state index is 0.0398. The van der Waals surface area contributed by atoms with Gasteiger partial charge in [-0.25, -0.2) is 24.6 Å². The van der Waals surface area contributed by atoms with Gasteiger partial charge in [-0.1, -0.05) is 0 Å². The number of rotatable bonds is 3. The van der Waals surface area contributed by atoms with E-state index in [9.17, 15) is 18.0 Å². The minimum Gasteiger partial charge on any atom is -0.373 e. The fraction of sp³-hybridized carbons (Fsp3) is 0.522. The van der Waals surface area contributed by atoms with E-state index < -0.39 is 17.0 Å². The summed E-state index contributed by atoms with van der Waals surface area (Å²) in [5.41, 5.74) is 0.137. The van der Waals surface area contributed by atoms with Gasteiger partial charge in [0.2, 0.25) is 0 Å². The highest BCUT2D eigenvalue weighted by molar-refractivity contribution is 5.77. The van der Waals surface area contributed by atoms with Gasteiger partial charge in [-0.05, 0) is 51.2 Å². The van der Waals surface area contributed by atoms with Crippen molar-refractivity contribution < 1.29 is 17.9 Å². The monoisotopic (exact) mass is 472 g/mol. The number of ether oxygens (including phenoxy) is 1. The van der Waals surface area contributed by atoms with E-state index in [1.165, 1.54) is 12.3 Å². The van der Waals surface area contributed by atoms with E-state index in [0.717, 1.165) is 10.2 Å². The maximum absolute atomic E-state index is 13.8. The highest BCUT2D eigenvalue weighted by atomic mass is 19.4. The molecule has 1 aliphatic heterocycles. The average molecular weight is 472 g/mol. The summed E-state index contributed by atoms with van der Waals surface area (Å²) in [4.78, 5) is 30.2. The van der Waals surface area contributed by atoms with Crippen molar-refractivity contribution in [2.75, 3.05) is 12.4 Å². The van der Waals surface area contributed by atoms with E-state index >= 15 is 0 Å². The molecule has 0 spiro atoms. The lowest BCUT2D eigenvalue weighted by Gasteiger charge is -2.29. The molecule has 0 radical (unpaired) electrons. The van der Waals surface area contributed by atoms with Crippen LogP contribution in [0.25, 0.3) is 11.2 Å². The van der Waals surface area contributed by atoms with Crippen molar-refractivity contribution in [2.24, 2.45) is 5.41 Å². The van der Waals surface area contributed by atoms with Crippen LogP contribution in [-0.4, -0.2) is 37.4 Å². The minimum atomic E-state index is -4.27. The van der Waals surface area contributed by atoms with Crippen molar-refractivity contribution in [3.8, 4) is 0 Å². The zero-order valence-electron chi connectivity index (χ0n) is 18.7. The molecule has 2 saturated carbocycles. The molecule has 0 amide bonds. The molecule has 3 fully saturated rings. The highest BCUT2D eigenvalue weighted by Crippen LogP contribution is 2.90. The van der Waals surface area contributed by atoms with Gasteiger partial charge in [0.1, 0.15) is 11.3 Å². The number of halogens is 3. The van der Waals surface area contributed by atoms with Crippen LogP contribution < -0.4 is 11.4 Å². The van der Waals surface area contributed by atoms with E-state index in [1.807, 2.05) is 6.92 Å². The standard InChI is InChI=1S/C23H23F3N6O2/c1-11-12(2)29-20-17(28-11)18(21-9-22(21,10-21)23(24,25)26)30-19(31-20)13-5-6-34-15(7-13)14-3-4-16(33)32(27)8-14/h3-4,8,13,15H,5-7,9-10,27H2,1-2H3/t13-,15+,21?,22?/m0/s1. The molecule has 34 heavy (non-hydrogen) atoms. The summed E-state index contributed by atoms with van der Waals surface area (Å²) in [6.45, 7) is 4.02. The Hall–Kier alpha value is -3.08. The summed E-state index contributed by atoms with van der Waals surface area (Å²) in [7, 11) is 0. The van der Waals surface area contributed by atoms with E-state index in [-0.39, 0.29) is 30.4 Å². The van der Waals surface area contributed by atoms with Crippen molar-refractivity contribution in [1.82, 2.24) is 24.6 Å². The molecule has 0 unspecified atom stereocenters. The van der Waals surface area contributed by atoms with Crippen LogP contribution in [0.3, 0.4) is 0 Å². The zero-order chi connectivity index (χ0) is 24.0. The molecule has 0 bridgehead atoms. The van der Waals surface area contributed by atoms with Crippen LogP contribution in [0.1, 0.15) is 66.2 Å². The lowest BCUT2D eigenvalue weighted by atomic mass is 9.91. The van der Waals surface area contributed by atoms with Gasteiger partial charge in [0.25, 0.3) is 5.56 Å². The Kier molecular flexibility index (Phi) is 4.25. The second-order valence-electron chi connectivity index (χ2n) is 9.80. The molecule has 2 atom stereocenters. The molecule has 6 rings (SSSR count).